The summed E-state index contributed by atoms with van der Waals surface area (Å²) in [4.78, 5) is 37.8. The molecule has 2 aromatic carbocycles. The molecule has 3 rings (SSSR count). The van der Waals surface area contributed by atoms with Gasteiger partial charge < -0.3 is 15.0 Å². The van der Waals surface area contributed by atoms with E-state index in [1.807, 2.05) is 0 Å². The van der Waals surface area contributed by atoms with Crippen molar-refractivity contribution in [1.82, 2.24) is 4.90 Å². The maximum atomic E-state index is 13.0. The Labute approximate surface area is 166 Å². The Balaban J connectivity index is 1.78. The van der Waals surface area contributed by atoms with Gasteiger partial charge in [-0.15, -0.1) is 11.8 Å². The molecule has 9 heteroatoms. The zero-order valence-corrected chi connectivity index (χ0v) is 16.2. The van der Waals surface area contributed by atoms with Gasteiger partial charge in [-0.2, -0.15) is 0 Å². The summed E-state index contributed by atoms with van der Waals surface area (Å²) in [6, 6.07) is 10.6. The van der Waals surface area contributed by atoms with Crippen LogP contribution in [-0.4, -0.2) is 46.4 Å². The van der Waals surface area contributed by atoms with Gasteiger partial charge in [-0.05, 0) is 37.3 Å². The normalized spacial score (nSPS) is 15.9. The molecule has 1 saturated heterocycles. The Bertz CT molecular complexity index is 916. The average Bonchev–Trinajstić information content (AvgIpc) is 3.18. The topological polar surface area (TPSA) is 102 Å². The predicted octanol–water partition coefficient (Wildman–Crippen LogP) is 3.07. The standard InChI is InChI=1S/C19H19N3O5S/c1-12-15(4-3-5-16(12)22(25)26)19(24)21-11-28-10-17(21)18(23)20-13-6-8-14(27-2)9-7-13/h3-9,17H,10-11H2,1-2H3,(H,20,23). The number of nitro groups is 1. The van der Waals surface area contributed by atoms with Crippen molar-refractivity contribution in [3.8, 4) is 5.75 Å². The van der Waals surface area contributed by atoms with Gasteiger partial charge in [0.15, 0.2) is 0 Å². The van der Waals surface area contributed by atoms with Gasteiger partial charge in [0.25, 0.3) is 11.6 Å². The molecule has 1 fully saturated rings. The van der Waals surface area contributed by atoms with Crippen LogP contribution in [-0.2, 0) is 4.79 Å². The van der Waals surface area contributed by atoms with Crippen molar-refractivity contribution in [3.05, 3.63) is 63.7 Å². The lowest BCUT2D eigenvalue weighted by atomic mass is 10.0. The highest BCUT2D eigenvalue weighted by atomic mass is 32.2. The summed E-state index contributed by atoms with van der Waals surface area (Å²) in [7, 11) is 1.56. The van der Waals surface area contributed by atoms with E-state index in [1.165, 1.54) is 28.8 Å². The highest BCUT2D eigenvalue weighted by molar-refractivity contribution is 7.99. The fourth-order valence-electron chi connectivity index (χ4n) is 2.97. The van der Waals surface area contributed by atoms with Crippen LogP contribution < -0.4 is 10.1 Å². The maximum Gasteiger partial charge on any atom is 0.273 e. The molecule has 8 nitrogen and oxygen atoms in total. The number of hydrogen-bond acceptors (Lipinski definition) is 6. The number of nitrogens with zero attached hydrogens (tertiary/aromatic N) is 2. The third-order valence-corrected chi connectivity index (χ3v) is 5.55. The van der Waals surface area contributed by atoms with Gasteiger partial charge >= 0.3 is 0 Å². The molecule has 1 atom stereocenters. The van der Waals surface area contributed by atoms with Gasteiger partial charge in [0.1, 0.15) is 11.8 Å². The molecule has 28 heavy (non-hydrogen) atoms. The molecule has 0 saturated carbocycles. The third kappa shape index (κ3) is 3.94. The van der Waals surface area contributed by atoms with Gasteiger partial charge in [0.2, 0.25) is 5.91 Å². The number of methoxy groups -OCH3 is 1. The van der Waals surface area contributed by atoms with E-state index in [-0.39, 0.29) is 23.1 Å². The number of ether oxygens (including phenoxy) is 1. The summed E-state index contributed by atoms with van der Waals surface area (Å²) >= 11 is 1.46. The summed E-state index contributed by atoms with van der Waals surface area (Å²) in [5.41, 5.74) is 1.02. The van der Waals surface area contributed by atoms with Crippen LogP contribution in [0.5, 0.6) is 5.75 Å². The number of thioether (sulfide) groups is 1. The van der Waals surface area contributed by atoms with Crippen molar-refractivity contribution >= 4 is 35.0 Å². The smallest absolute Gasteiger partial charge is 0.273 e. The van der Waals surface area contributed by atoms with Crippen molar-refractivity contribution in [3.63, 3.8) is 0 Å². The van der Waals surface area contributed by atoms with Crippen molar-refractivity contribution in [2.45, 2.75) is 13.0 Å². The Morgan fingerprint density at radius 2 is 1.96 bits per heavy atom. The number of hydrogen-bond donors (Lipinski definition) is 1. The predicted molar refractivity (Wildman–Crippen MR) is 107 cm³/mol. The van der Waals surface area contributed by atoms with Gasteiger partial charge in [-0.3, -0.25) is 19.7 Å². The molecule has 0 radical (unpaired) electrons. The molecule has 1 aliphatic rings. The first-order valence-corrected chi connectivity index (χ1v) is 9.65. The van der Waals surface area contributed by atoms with Crippen LogP contribution in [0.3, 0.4) is 0 Å². The van der Waals surface area contributed by atoms with Gasteiger partial charge in [0.05, 0.1) is 17.9 Å². The first-order chi connectivity index (χ1) is 13.4. The van der Waals surface area contributed by atoms with Gasteiger partial charge in [-0.1, -0.05) is 6.07 Å². The second-order valence-electron chi connectivity index (χ2n) is 6.22. The molecule has 0 bridgehead atoms. The molecule has 1 aliphatic heterocycles. The first-order valence-electron chi connectivity index (χ1n) is 8.50. The summed E-state index contributed by atoms with van der Waals surface area (Å²) in [5, 5.41) is 13.9. The lowest BCUT2D eigenvalue weighted by Crippen LogP contribution is -2.44. The van der Waals surface area contributed by atoms with E-state index in [0.717, 1.165) is 0 Å². The lowest BCUT2D eigenvalue weighted by molar-refractivity contribution is -0.385. The highest BCUT2D eigenvalue weighted by Gasteiger charge is 2.36. The monoisotopic (exact) mass is 401 g/mol. The summed E-state index contributed by atoms with van der Waals surface area (Å²) in [5.74, 6) is 0.795. The van der Waals surface area contributed by atoms with Crippen LogP contribution in [0.2, 0.25) is 0 Å². The molecule has 1 unspecified atom stereocenters. The minimum Gasteiger partial charge on any atom is -0.497 e. The summed E-state index contributed by atoms with van der Waals surface area (Å²) in [6.45, 7) is 1.54. The Kier molecular flexibility index (Phi) is 5.84. The van der Waals surface area contributed by atoms with Crippen molar-refractivity contribution in [1.29, 1.82) is 0 Å². The number of carbonyl (C=O) groups excluding carboxylic acids is 2. The first kappa shape index (κ1) is 19.7. The molecular weight excluding hydrogens is 382 g/mol. The minimum absolute atomic E-state index is 0.114. The lowest BCUT2D eigenvalue weighted by Gasteiger charge is -2.23. The van der Waals surface area contributed by atoms with E-state index in [0.29, 0.717) is 28.6 Å². The van der Waals surface area contributed by atoms with E-state index in [2.05, 4.69) is 5.32 Å². The zero-order valence-electron chi connectivity index (χ0n) is 15.4. The fraction of sp³-hybridized carbons (Fsp3) is 0.263. The van der Waals surface area contributed by atoms with Crippen LogP contribution >= 0.6 is 11.8 Å². The van der Waals surface area contributed by atoms with E-state index < -0.39 is 11.0 Å². The number of anilines is 1. The minimum atomic E-state index is -0.654. The van der Waals surface area contributed by atoms with Crippen LogP contribution in [0.4, 0.5) is 11.4 Å². The number of rotatable bonds is 5. The number of nitro benzene ring substituents is 1. The molecular formula is C19H19N3O5S. The fourth-order valence-corrected chi connectivity index (χ4v) is 4.12. The molecule has 146 valence electrons. The Hall–Kier alpha value is -3.07. The van der Waals surface area contributed by atoms with Gasteiger partial charge in [-0.25, -0.2) is 0 Å². The second-order valence-corrected chi connectivity index (χ2v) is 7.21. The number of benzene rings is 2. The number of carbonyl (C=O) groups is 2. The van der Waals surface area contributed by atoms with Crippen molar-refractivity contribution in [2.24, 2.45) is 0 Å². The van der Waals surface area contributed by atoms with E-state index in [1.54, 1.807) is 44.4 Å². The van der Waals surface area contributed by atoms with E-state index in [9.17, 15) is 19.7 Å². The molecule has 2 amide bonds. The SMILES string of the molecule is COc1ccc(NC(=O)C2CSCN2C(=O)c2cccc([N+](=O)[O-])c2C)cc1. The van der Waals surface area contributed by atoms with Gasteiger partial charge in [0, 0.05) is 28.6 Å². The number of amides is 2. The molecule has 0 spiro atoms. The molecule has 1 N–H and O–H groups in total. The third-order valence-electron chi connectivity index (χ3n) is 4.54. The van der Waals surface area contributed by atoms with Crippen LogP contribution in [0.1, 0.15) is 15.9 Å². The number of nitrogens with one attached hydrogen (secondary N) is 1. The van der Waals surface area contributed by atoms with Crippen molar-refractivity contribution < 1.29 is 19.2 Å². The average molecular weight is 401 g/mol. The van der Waals surface area contributed by atoms with Crippen LogP contribution in [0, 0.1) is 17.0 Å². The molecule has 0 aliphatic carbocycles. The zero-order chi connectivity index (χ0) is 20.3. The van der Waals surface area contributed by atoms with E-state index in [4.69, 9.17) is 4.74 Å². The largest absolute Gasteiger partial charge is 0.497 e. The highest BCUT2D eigenvalue weighted by Crippen LogP contribution is 2.28. The molecule has 0 aromatic heterocycles. The maximum absolute atomic E-state index is 13.0. The van der Waals surface area contributed by atoms with Crippen LogP contribution in [0.15, 0.2) is 42.5 Å². The quantitative estimate of drug-likeness (QED) is 0.610. The summed E-state index contributed by atoms with van der Waals surface area (Å²) in [6.07, 6.45) is 0. The second kappa shape index (κ2) is 8.30. The Morgan fingerprint density at radius 1 is 1.25 bits per heavy atom. The molecule has 2 aromatic rings. The van der Waals surface area contributed by atoms with Crippen LogP contribution in [0.25, 0.3) is 0 Å². The van der Waals surface area contributed by atoms with E-state index >= 15 is 0 Å². The molecule has 1 heterocycles. The Morgan fingerprint density at radius 3 is 2.61 bits per heavy atom. The summed E-state index contributed by atoms with van der Waals surface area (Å²) < 4.78 is 5.09. The van der Waals surface area contributed by atoms with Crippen molar-refractivity contribution in [2.75, 3.05) is 24.1 Å².